The highest BCUT2D eigenvalue weighted by Gasteiger charge is 2.10. The summed E-state index contributed by atoms with van der Waals surface area (Å²) < 4.78 is 1.91. The van der Waals surface area contributed by atoms with E-state index in [0.29, 0.717) is 12.0 Å². The molecule has 0 aromatic carbocycles. The van der Waals surface area contributed by atoms with Crippen molar-refractivity contribution in [3.8, 4) is 0 Å². The predicted octanol–water partition coefficient (Wildman–Crippen LogP) is 2.17. The van der Waals surface area contributed by atoms with Gasteiger partial charge in [-0.15, -0.1) is 0 Å². The molecule has 0 aliphatic carbocycles. The Morgan fingerprint density at radius 2 is 1.92 bits per heavy atom. The highest BCUT2D eigenvalue weighted by atomic mass is 15.3. The molecule has 0 atom stereocenters. The molecule has 0 amide bonds. The number of hydrogen-bond acceptors (Lipinski definition) is 2. The molecule has 1 rings (SSSR count). The number of nitrogen functional groups attached to an aromatic ring is 1. The van der Waals surface area contributed by atoms with Gasteiger partial charge in [-0.05, 0) is 19.8 Å². The first-order valence-electron chi connectivity index (χ1n) is 4.37. The molecule has 3 heteroatoms. The molecule has 0 aliphatic heterocycles. The monoisotopic (exact) mass is 167 g/mol. The Bertz CT molecular complexity index is 261. The van der Waals surface area contributed by atoms with E-state index in [0.717, 1.165) is 11.4 Å². The quantitative estimate of drug-likeness (QED) is 0.733. The zero-order valence-electron chi connectivity index (χ0n) is 8.20. The van der Waals surface area contributed by atoms with Crippen molar-refractivity contribution in [2.75, 3.05) is 5.73 Å². The van der Waals surface area contributed by atoms with Crippen LogP contribution >= 0.6 is 0 Å². The lowest BCUT2D eigenvalue weighted by molar-refractivity contribution is 0.523. The van der Waals surface area contributed by atoms with Gasteiger partial charge in [-0.3, -0.25) is 4.68 Å². The summed E-state index contributed by atoms with van der Waals surface area (Å²) in [5.41, 5.74) is 7.60. The summed E-state index contributed by atoms with van der Waals surface area (Å²) in [7, 11) is 0. The fraction of sp³-hybridized carbons (Fsp3) is 0.667. The van der Waals surface area contributed by atoms with E-state index in [1.54, 1.807) is 0 Å². The molecule has 0 unspecified atom stereocenters. The van der Waals surface area contributed by atoms with Gasteiger partial charge in [-0.2, -0.15) is 5.10 Å². The number of hydrogen-bond donors (Lipinski definition) is 1. The van der Waals surface area contributed by atoms with Crippen molar-refractivity contribution >= 4 is 5.69 Å². The minimum atomic E-state index is 0.389. The Hall–Kier alpha value is -0.990. The van der Waals surface area contributed by atoms with Gasteiger partial charge in [-0.25, -0.2) is 0 Å². The molecule has 1 heterocycles. The van der Waals surface area contributed by atoms with Gasteiger partial charge in [0, 0.05) is 12.2 Å². The lowest BCUT2D eigenvalue weighted by Gasteiger charge is -2.04. The topological polar surface area (TPSA) is 43.8 Å². The minimum Gasteiger partial charge on any atom is -0.396 e. The largest absolute Gasteiger partial charge is 0.396 e. The Morgan fingerprint density at radius 3 is 2.17 bits per heavy atom. The molecule has 3 nitrogen and oxygen atoms in total. The molecule has 0 fully saturated rings. The van der Waals surface area contributed by atoms with E-state index in [1.165, 1.54) is 0 Å². The van der Waals surface area contributed by atoms with Gasteiger partial charge >= 0.3 is 0 Å². The average molecular weight is 167 g/mol. The van der Waals surface area contributed by atoms with E-state index in [4.69, 9.17) is 5.73 Å². The normalized spacial score (nSPS) is 11.5. The van der Waals surface area contributed by atoms with Crippen LogP contribution in [0, 0.1) is 0 Å². The maximum atomic E-state index is 5.80. The van der Waals surface area contributed by atoms with Crippen LogP contribution in [-0.2, 0) is 0 Å². The summed E-state index contributed by atoms with van der Waals surface area (Å²) in [4.78, 5) is 0. The van der Waals surface area contributed by atoms with Gasteiger partial charge in [0.25, 0.3) is 0 Å². The van der Waals surface area contributed by atoms with Crippen molar-refractivity contribution in [2.24, 2.45) is 0 Å². The molecule has 2 N–H and O–H groups in total. The van der Waals surface area contributed by atoms with Crippen LogP contribution in [-0.4, -0.2) is 9.78 Å². The molecule has 1 aromatic rings. The molecule has 0 radical (unpaired) electrons. The van der Waals surface area contributed by atoms with Crippen molar-refractivity contribution in [1.82, 2.24) is 9.78 Å². The second-order valence-electron chi connectivity index (χ2n) is 3.70. The van der Waals surface area contributed by atoms with E-state index < -0.39 is 0 Å². The Morgan fingerprint density at radius 1 is 1.33 bits per heavy atom. The SMILES string of the molecule is CC(C)c1nn(C(C)C)cc1N. The van der Waals surface area contributed by atoms with Gasteiger partial charge < -0.3 is 5.73 Å². The fourth-order valence-corrected chi connectivity index (χ4v) is 1.13. The average Bonchev–Trinajstić information content (AvgIpc) is 2.30. The van der Waals surface area contributed by atoms with E-state index in [9.17, 15) is 0 Å². The lowest BCUT2D eigenvalue weighted by Crippen LogP contribution is -2.02. The van der Waals surface area contributed by atoms with Crippen LogP contribution in [0.3, 0.4) is 0 Å². The highest BCUT2D eigenvalue weighted by Crippen LogP contribution is 2.20. The summed E-state index contributed by atoms with van der Waals surface area (Å²) >= 11 is 0. The maximum Gasteiger partial charge on any atom is 0.0879 e. The zero-order chi connectivity index (χ0) is 9.30. The second-order valence-corrected chi connectivity index (χ2v) is 3.70. The molecule has 0 saturated carbocycles. The number of rotatable bonds is 2. The van der Waals surface area contributed by atoms with E-state index in [-0.39, 0.29) is 0 Å². The molecular weight excluding hydrogens is 150 g/mol. The number of aromatic nitrogens is 2. The van der Waals surface area contributed by atoms with Crippen molar-refractivity contribution in [1.29, 1.82) is 0 Å². The molecule has 12 heavy (non-hydrogen) atoms. The van der Waals surface area contributed by atoms with Gasteiger partial charge in [0.15, 0.2) is 0 Å². The summed E-state index contributed by atoms with van der Waals surface area (Å²) in [5, 5.41) is 4.40. The first kappa shape index (κ1) is 9.10. The highest BCUT2D eigenvalue weighted by molar-refractivity contribution is 5.42. The number of nitrogens with zero attached hydrogens (tertiary/aromatic N) is 2. The van der Waals surface area contributed by atoms with Crippen LogP contribution < -0.4 is 5.73 Å². The Balaban J connectivity index is 3.00. The standard InChI is InChI=1S/C9H17N3/c1-6(2)9-8(10)5-12(11-9)7(3)4/h5-7H,10H2,1-4H3. The van der Waals surface area contributed by atoms with Crippen LogP contribution in [0.15, 0.2) is 6.20 Å². The summed E-state index contributed by atoms with van der Waals surface area (Å²) in [5.74, 6) is 0.407. The third-order valence-corrected chi connectivity index (χ3v) is 1.87. The molecule has 0 bridgehead atoms. The number of anilines is 1. The van der Waals surface area contributed by atoms with Crippen LogP contribution in [0.4, 0.5) is 5.69 Å². The van der Waals surface area contributed by atoms with Gasteiger partial charge in [0.2, 0.25) is 0 Å². The smallest absolute Gasteiger partial charge is 0.0879 e. The Kier molecular flexibility index (Phi) is 2.40. The molecule has 0 aliphatic rings. The van der Waals surface area contributed by atoms with E-state index >= 15 is 0 Å². The second kappa shape index (κ2) is 3.17. The molecule has 1 aromatic heterocycles. The molecular formula is C9H17N3. The van der Waals surface area contributed by atoms with Crippen molar-refractivity contribution in [2.45, 2.75) is 39.7 Å². The third-order valence-electron chi connectivity index (χ3n) is 1.87. The van der Waals surface area contributed by atoms with Crippen LogP contribution in [0.25, 0.3) is 0 Å². The first-order valence-corrected chi connectivity index (χ1v) is 4.37. The minimum absolute atomic E-state index is 0.389. The van der Waals surface area contributed by atoms with Crippen LogP contribution in [0.1, 0.15) is 45.3 Å². The summed E-state index contributed by atoms with van der Waals surface area (Å²) in [6.45, 7) is 8.39. The van der Waals surface area contributed by atoms with Gasteiger partial charge in [-0.1, -0.05) is 13.8 Å². The maximum absolute atomic E-state index is 5.80. The van der Waals surface area contributed by atoms with Crippen LogP contribution in [0.5, 0.6) is 0 Å². The molecule has 68 valence electrons. The Labute approximate surface area is 73.6 Å². The van der Waals surface area contributed by atoms with E-state index in [2.05, 4.69) is 32.8 Å². The first-order chi connectivity index (χ1) is 5.52. The zero-order valence-corrected chi connectivity index (χ0v) is 8.20. The molecule has 0 spiro atoms. The van der Waals surface area contributed by atoms with Crippen LogP contribution in [0.2, 0.25) is 0 Å². The summed E-state index contributed by atoms with van der Waals surface area (Å²) in [6.07, 6.45) is 1.90. The fourth-order valence-electron chi connectivity index (χ4n) is 1.13. The van der Waals surface area contributed by atoms with Crippen molar-refractivity contribution in [3.63, 3.8) is 0 Å². The molecule has 0 saturated heterocycles. The lowest BCUT2D eigenvalue weighted by atomic mass is 10.1. The third kappa shape index (κ3) is 1.60. The van der Waals surface area contributed by atoms with Crippen molar-refractivity contribution < 1.29 is 0 Å². The predicted molar refractivity (Wildman–Crippen MR) is 51.1 cm³/mol. The summed E-state index contributed by atoms with van der Waals surface area (Å²) in [6, 6.07) is 0.389. The van der Waals surface area contributed by atoms with Crippen molar-refractivity contribution in [3.05, 3.63) is 11.9 Å². The van der Waals surface area contributed by atoms with Gasteiger partial charge in [0.05, 0.1) is 11.4 Å². The van der Waals surface area contributed by atoms with Gasteiger partial charge in [0.1, 0.15) is 0 Å². The van der Waals surface area contributed by atoms with E-state index in [1.807, 2.05) is 10.9 Å². The number of nitrogens with two attached hydrogens (primary N) is 1.